The van der Waals surface area contributed by atoms with Crippen molar-refractivity contribution in [2.24, 2.45) is 11.5 Å². The summed E-state index contributed by atoms with van der Waals surface area (Å²) in [6.45, 7) is 0. The Kier molecular flexibility index (Phi) is 4.33. The molecule has 0 saturated heterocycles. The van der Waals surface area contributed by atoms with Crippen LogP contribution < -0.4 is 11.5 Å². The molecule has 0 aliphatic carbocycles. The highest BCUT2D eigenvalue weighted by atomic mass is 32.2. The average molecular weight is 166 g/mol. The van der Waals surface area contributed by atoms with Gasteiger partial charge < -0.3 is 11.5 Å². The molecule has 0 rings (SSSR count). The highest BCUT2D eigenvalue weighted by Gasteiger charge is 1.97. The smallest absolute Gasteiger partial charge is 0.277 e. The molecule has 0 bridgehead atoms. The zero-order valence-electron chi connectivity index (χ0n) is 4.49. The molecule has 4 nitrogen and oxygen atoms in total. The Labute approximate surface area is 60.7 Å². The fraction of sp³-hybridized carbons (Fsp3) is 0.333. The number of carbonyl (C=O) groups is 2. The average Bonchev–Trinajstić information content (AvgIpc) is 1.63. The lowest BCUT2D eigenvalue weighted by molar-refractivity contribution is 0.266. The van der Waals surface area contributed by atoms with Crippen molar-refractivity contribution in [1.82, 2.24) is 0 Å². The number of amides is 2. The molecule has 0 aliphatic heterocycles. The molecule has 0 aromatic heterocycles. The molecule has 6 heteroatoms. The molecule has 0 spiro atoms. The largest absolute Gasteiger partial charge is 0.360 e. The maximum atomic E-state index is 10.0. The Morgan fingerprint density at radius 3 is 1.67 bits per heavy atom. The van der Waals surface area contributed by atoms with Gasteiger partial charge in [-0.15, -0.1) is 0 Å². The lowest BCUT2D eigenvalue weighted by Gasteiger charge is -1.90. The van der Waals surface area contributed by atoms with E-state index in [-0.39, 0.29) is 0 Å². The fourth-order valence-electron chi connectivity index (χ4n) is 0.146. The summed E-state index contributed by atoms with van der Waals surface area (Å²) in [5.74, 6) is 0. The SMILES string of the molecule is NC(=O)SCSC(N)=O. The third-order valence-electron chi connectivity index (χ3n) is 0.402. The highest BCUT2D eigenvalue weighted by Crippen LogP contribution is 2.10. The number of primary amides is 2. The van der Waals surface area contributed by atoms with Gasteiger partial charge in [-0.2, -0.15) is 0 Å². The van der Waals surface area contributed by atoms with Crippen LogP contribution in [0.3, 0.4) is 0 Å². The van der Waals surface area contributed by atoms with Crippen molar-refractivity contribution in [2.75, 3.05) is 5.08 Å². The first-order valence-electron chi connectivity index (χ1n) is 1.97. The van der Waals surface area contributed by atoms with Gasteiger partial charge in [0.15, 0.2) is 0 Å². The number of nitrogens with two attached hydrogens (primary N) is 2. The van der Waals surface area contributed by atoms with Gasteiger partial charge >= 0.3 is 0 Å². The monoisotopic (exact) mass is 166 g/mol. The molecule has 0 heterocycles. The number of hydrogen-bond acceptors (Lipinski definition) is 4. The van der Waals surface area contributed by atoms with Crippen molar-refractivity contribution < 1.29 is 9.59 Å². The van der Waals surface area contributed by atoms with Crippen LogP contribution in [0, 0.1) is 0 Å². The molecule has 2 amide bonds. The van der Waals surface area contributed by atoms with Crippen LogP contribution in [0.1, 0.15) is 0 Å². The number of hydrogen-bond donors (Lipinski definition) is 2. The molecule has 0 unspecified atom stereocenters. The maximum absolute atomic E-state index is 10.0. The summed E-state index contributed by atoms with van der Waals surface area (Å²) < 4.78 is 0. The van der Waals surface area contributed by atoms with Crippen molar-refractivity contribution in [3.8, 4) is 0 Å². The van der Waals surface area contributed by atoms with Gasteiger partial charge in [-0.1, -0.05) is 23.5 Å². The molecule has 9 heavy (non-hydrogen) atoms. The third kappa shape index (κ3) is 7.64. The Morgan fingerprint density at radius 1 is 1.11 bits per heavy atom. The molecule has 0 saturated carbocycles. The minimum absolute atomic E-state index is 0.296. The van der Waals surface area contributed by atoms with E-state index in [9.17, 15) is 9.59 Å². The van der Waals surface area contributed by atoms with Crippen LogP contribution in [0.5, 0.6) is 0 Å². The van der Waals surface area contributed by atoms with Gasteiger partial charge in [-0.3, -0.25) is 9.59 Å². The first-order valence-corrected chi connectivity index (χ1v) is 3.94. The van der Waals surface area contributed by atoms with Crippen LogP contribution in [-0.2, 0) is 0 Å². The first kappa shape index (κ1) is 8.64. The highest BCUT2D eigenvalue weighted by molar-refractivity contribution is 8.28. The second-order valence-electron chi connectivity index (χ2n) is 1.04. The van der Waals surface area contributed by atoms with E-state index in [0.717, 1.165) is 23.5 Å². The fourth-order valence-corrected chi connectivity index (χ4v) is 1.31. The van der Waals surface area contributed by atoms with E-state index < -0.39 is 10.5 Å². The third-order valence-corrected chi connectivity index (χ3v) is 1.91. The van der Waals surface area contributed by atoms with Gasteiger partial charge in [0.05, 0.1) is 5.08 Å². The maximum Gasteiger partial charge on any atom is 0.277 e. The first-order chi connectivity index (χ1) is 4.13. The van der Waals surface area contributed by atoms with E-state index in [1.807, 2.05) is 0 Å². The molecule has 52 valence electrons. The molecule has 0 atom stereocenters. The van der Waals surface area contributed by atoms with E-state index in [2.05, 4.69) is 0 Å². The van der Waals surface area contributed by atoms with Gasteiger partial charge in [0.1, 0.15) is 0 Å². The van der Waals surface area contributed by atoms with E-state index >= 15 is 0 Å². The van der Waals surface area contributed by atoms with Crippen LogP contribution in [-0.4, -0.2) is 15.6 Å². The van der Waals surface area contributed by atoms with Crippen LogP contribution in [0.2, 0.25) is 0 Å². The van der Waals surface area contributed by atoms with Crippen LogP contribution in [0.15, 0.2) is 0 Å². The quantitative estimate of drug-likeness (QED) is 0.587. The zero-order valence-corrected chi connectivity index (χ0v) is 6.13. The number of thioether (sulfide) groups is 2. The molecule has 0 radical (unpaired) electrons. The summed E-state index contributed by atoms with van der Waals surface area (Å²) in [4.78, 5) is 20.0. The van der Waals surface area contributed by atoms with E-state index in [1.165, 1.54) is 0 Å². The van der Waals surface area contributed by atoms with Crippen molar-refractivity contribution in [3.63, 3.8) is 0 Å². The predicted molar refractivity (Wildman–Crippen MR) is 39.2 cm³/mol. The molecule has 0 aliphatic rings. The van der Waals surface area contributed by atoms with Crippen molar-refractivity contribution in [1.29, 1.82) is 0 Å². The van der Waals surface area contributed by atoms with Crippen LogP contribution in [0.4, 0.5) is 9.59 Å². The molecule has 0 aromatic rings. The predicted octanol–water partition coefficient (Wildman–Crippen LogP) is 0.568. The summed E-state index contributed by atoms with van der Waals surface area (Å²) in [7, 11) is 0. The van der Waals surface area contributed by atoms with Gasteiger partial charge in [-0.05, 0) is 0 Å². The van der Waals surface area contributed by atoms with E-state index in [0.29, 0.717) is 5.08 Å². The number of carbonyl (C=O) groups excluding carboxylic acids is 2. The van der Waals surface area contributed by atoms with Gasteiger partial charge in [0.2, 0.25) is 0 Å². The van der Waals surface area contributed by atoms with Gasteiger partial charge in [0.25, 0.3) is 10.5 Å². The Balaban J connectivity index is 3.10. The Hall–Kier alpha value is -0.360. The molecule has 4 N–H and O–H groups in total. The summed E-state index contributed by atoms with van der Waals surface area (Å²) >= 11 is 1.72. The number of rotatable bonds is 2. The van der Waals surface area contributed by atoms with E-state index in [4.69, 9.17) is 11.5 Å². The Bertz CT molecular complexity index is 113. The minimum atomic E-state index is -0.497. The summed E-state index contributed by atoms with van der Waals surface area (Å²) in [5.41, 5.74) is 9.47. The van der Waals surface area contributed by atoms with Crippen molar-refractivity contribution in [2.45, 2.75) is 0 Å². The second kappa shape index (κ2) is 4.51. The second-order valence-corrected chi connectivity index (χ2v) is 3.37. The van der Waals surface area contributed by atoms with Crippen LogP contribution >= 0.6 is 23.5 Å². The van der Waals surface area contributed by atoms with Crippen molar-refractivity contribution in [3.05, 3.63) is 0 Å². The van der Waals surface area contributed by atoms with Crippen LogP contribution in [0.25, 0.3) is 0 Å². The zero-order chi connectivity index (χ0) is 7.28. The summed E-state index contributed by atoms with van der Waals surface area (Å²) in [6, 6.07) is 0. The summed E-state index contributed by atoms with van der Waals surface area (Å²) in [5, 5.41) is -0.697. The molecular weight excluding hydrogens is 160 g/mol. The minimum Gasteiger partial charge on any atom is -0.360 e. The Morgan fingerprint density at radius 2 is 1.44 bits per heavy atom. The standard InChI is InChI=1S/C3H6N2O2S2/c4-2(6)8-1-9-3(5)7/h1H2,(H2,4,6)(H2,5,7). The topological polar surface area (TPSA) is 86.2 Å². The molecule has 0 fully saturated rings. The molecule has 0 aromatic carbocycles. The molecular formula is C3H6N2O2S2. The lowest BCUT2D eigenvalue weighted by Crippen LogP contribution is -2.05. The van der Waals surface area contributed by atoms with Gasteiger partial charge in [0, 0.05) is 0 Å². The van der Waals surface area contributed by atoms with Crippen molar-refractivity contribution >= 4 is 34.0 Å². The van der Waals surface area contributed by atoms with Gasteiger partial charge in [-0.25, -0.2) is 0 Å². The summed E-state index contributed by atoms with van der Waals surface area (Å²) in [6.07, 6.45) is 0. The normalized spacial score (nSPS) is 8.89. The van der Waals surface area contributed by atoms with E-state index in [1.54, 1.807) is 0 Å². The lowest BCUT2D eigenvalue weighted by atomic mass is 11.5.